The maximum Gasteiger partial charge on any atom is 0.167 e. The van der Waals surface area contributed by atoms with Gasteiger partial charge in [-0.1, -0.05) is 17.0 Å². The second-order valence-corrected chi connectivity index (χ2v) is 6.79. The Hall–Kier alpha value is -3.69. The van der Waals surface area contributed by atoms with E-state index in [2.05, 4.69) is 27.0 Å². The number of aliphatic hydroxyl groups is 1. The zero-order valence-electron chi connectivity index (χ0n) is 16.2. The second-order valence-electron chi connectivity index (χ2n) is 6.79. The lowest BCUT2D eigenvalue weighted by molar-refractivity contribution is 0.184. The monoisotopic (exact) mass is 384 g/mol. The van der Waals surface area contributed by atoms with Gasteiger partial charge in [-0.3, -0.25) is 4.98 Å². The number of imidazole rings is 1. The minimum absolute atomic E-state index is 0.484. The summed E-state index contributed by atoms with van der Waals surface area (Å²) in [6, 6.07) is 13.6. The van der Waals surface area contributed by atoms with Crippen LogP contribution in [-0.4, -0.2) is 24.8 Å². The van der Waals surface area contributed by atoms with Crippen LogP contribution in [0, 0.1) is 18.8 Å². The molecule has 0 aliphatic heterocycles. The van der Waals surface area contributed by atoms with Crippen molar-refractivity contribution in [3.63, 3.8) is 0 Å². The van der Waals surface area contributed by atoms with Crippen LogP contribution in [0.3, 0.4) is 0 Å². The van der Waals surface area contributed by atoms with Crippen molar-refractivity contribution in [3.05, 3.63) is 89.4 Å². The molecule has 0 unspecified atom stereocenters. The van der Waals surface area contributed by atoms with E-state index >= 15 is 0 Å². The zero-order valence-corrected chi connectivity index (χ0v) is 16.2. The molecule has 1 aromatic carbocycles. The third-order valence-electron chi connectivity index (χ3n) is 4.44. The van der Waals surface area contributed by atoms with Crippen LogP contribution in [0.4, 0.5) is 0 Å². The highest BCUT2D eigenvalue weighted by atomic mass is 16.5. The van der Waals surface area contributed by atoms with E-state index in [4.69, 9.17) is 4.52 Å². The Bertz CT molecular complexity index is 1160. The van der Waals surface area contributed by atoms with E-state index in [1.54, 1.807) is 19.3 Å². The fourth-order valence-corrected chi connectivity index (χ4v) is 2.92. The molecule has 0 saturated carbocycles. The van der Waals surface area contributed by atoms with Crippen molar-refractivity contribution in [3.8, 4) is 23.2 Å². The Balaban J connectivity index is 1.47. The molecule has 0 aliphatic rings. The van der Waals surface area contributed by atoms with Crippen molar-refractivity contribution < 1.29 is 9.63 Å². The second kappa shape index (κ2) is 8.13. The molecule has 1 atom stereocenters. The van der Waals surface area contributed by atoms with Crippen molar-refractivity contribution in [1.29, 1.82) is 0 Å². The first-order valence-electron chi connectivity index (χ1n) is 9.28. The maximum absolute atomic E-state index is 9.77. The van der Waals surface area contributed by atoms with Gasteiger partial charge in [-0.2, -0.15) is 0 Å². The van der Waals surface area contributed by atoms with E-state index in [1.165, 1.54) is 0 Å². The molecular formula is C23H20N4O2. The van der Waals surface area contributed by atoms with Gasteiger partial charge in [0, 0.05) is 47.0 Å². The topological polar surface area (TPSA) is 77.0 Å². The standard InChI is InChI=1S/C23H20N4O2/c1-16-3-4-19(14-25-16)6-5-18-7-9-20(10-8-18)22-13-21(26-29-22)15-27-12-11-24-23(27)17(2)28/h3-4,7-14,17,28H,15H2,1-2H3/t17-/m0/s1. The van der Waals surface area contributed by atoms with Gasteiger partial charge in [0.1, 0.15) is 17.6 Å². The molecule has 144 valence electrons. The number of hydrogen-bond donors (Lipinski definition) is 1. The van der Waals surface area contributed by atoms with E-state index in [0.717, 1.165) is 28.1 Å². The van der Waals surface area contributed by atoms with Gasteiger partial charge in [0.05, 0.1) is 6.54 Å². The Morgan fingerprint density at radius 3 is 2.55 bits per heavy atom. The van der Waals surface area contributed by atoms with Gasteiger partial charge in [0.25, 0.3) is 0 Å². The van der Waals surface area contributed by atoms with E-state index in [0.29, 0.717) is 18.1 Å². The van der Waals surface area contributed by atoms with E-state index in [-0.39, 0.29) is 0 Å². The van der Waals surface area contributed by atoms with Crippen LogP contribution in [0.25, 0.3) is 11.3 Å². The fourth-order valence-electron chi connectivity index (χ4n) is 2.92. The molecule has 0 spiro atoms. The summed E-state index contributed by atoms with van der Waals surface area (Å²) in [5, 5.41) is 13.9. The first-order chi connectivity index (χ1) is 14.1. The summed E-state index contributed by atoms with van der Waals surface area (Å²) in [7, 11) is 0. The summed E-state index contributed by atoms with van der Waals surface area (Å²) in [5.74, 6) is 7.53. The van der Waals surface area contributed by atoms with Crippen LogP contribution < -0.4 is 0 Å². The molecule has 6 nitrogen and oxygen atoms in total. The quantitative estimate of drug-likeness (QED) is 0.543. The van der Waals surface area contributed by atoms with Crippen molar-refractivity contribution >= 4 is 0 Å². The molecule has 0 fully saturated rings. The third-order valence-corrected chi connectivity index (χ3v) is 4.44. The molecule has 3 heterocycles. The average Bonchev–Trinajstić information content (AvgIpc) is 3.38. The van der Waals surface area contributed by atoms with Gasteiger partial charge >= 0.3 is 0 Å². The molecule has 0 bridgehead atoms. The molecule has 3 aromatic heterocycles. The third kappa shape index (κ3) is 4.42. The molecule has 0 radical (unpaired) electrons. The number of aliphatic hydroxyl groups excluding tert-OH is 1. The predicted molar refractivity (Wildman–Crippen MR) is 109 cm³/mol. The number of nitrogens with zero attached hydrogens (tertiary/aromatic N) is 4. The molecule has 1 N–H and O–H groups in total. The van der Waals surface area contributed by atoms with Crippen molar-refractivity contribution in [2.45, 2.75) is 26.5 Å². The first kappa shape index (κ1) is 18.7. The number of aromatic nitrogens is 4. The number of pyridine rings is 1. The van der Waals surface area contributed by atoms with Crippen LogP contribution in [-0.2, 0) is 6.54 Å². The molecule has 6 heteroatoms. The van der Waals surface area contributed by atoms with E-state index in [1.807, 2.05) is 60.2 Å². The molecular weight excluding hydrogens is 364 g/mol. The lowest BCUT2D eigenvalue weighted by Gasteiger charge is -2.07. The number of rotatable bonds is 4. The highest BCUT2D eigenvalue weighted by Gasteiger charge is 2.12. The van der Waals surface area contributed by atoms with E-state index < -0.39 is 6.10 Å². The van der Waals surface area contributed by atoms with Gasteiger partial charge < -0.3 is 14.2 Å². The Labute approximate surface area is 168 Å². The highest BCUT2D eigenvalue weighted by Crippen LogP contribution is 2.22. The molecule has 29 heavy (non-hydrogen) atoms. The Kier molecular flexibility index (Phi) is 5.23. The summed E-state index contributed by atoms with van der Waals surface area (Å²) in [5.41, 5.74) is 4.45. The molecule has 4 rings (SSSR count). The normalized spacial score (nSPS) is 11.7. The van der Waals surface area contributed by atoms with Crippen LogP contribution in [0.5, 0.6) is 0 Å². The Morgan fingerprint density at radius 1 is 1.07 bits per heavy atom. The van der Waals surface area contributed by atoms with Crippen LogP contribution in [0.1, 0.15) is 41.4 Å². The van der Waals surface area contributed by atoms with Gasteiger partial charge in [-0.05, 0) is 50.2 Å². The fraction of sp³-hybridized carbons (Fsp3) is 0.174. The van der Waals surface area contributed by atoms with Gasteiger partial charge in [0.2, 0.25) is 0 Å². The predicted octanol–water partition coefficient (Wildman–Crippen LogP) is 3.74. The van der Waals surface area contributed by atoms with Crippen LogP contribution in [0.2, 0.25) is 0 Å². The molecule has 0 amide bonds. The SMILES string of the molecule is Cc1ccc(C#Cc2ccc(-c3cc(Cn4ccnc4[C@H](C)O)no3)cc2)cn1. The summed E-state index contributed by atoms with van der Waals surface area (Å²) in [6.07, 6.45) is 4.61. The number of aryl methyl sites for hydroxylation is 1. The molecule has 0 saturated heterocycles. The van der Waals surface area contributed by atoms with Crippen molar-refractivity contribution in [1.82, 2.24) is 19.7 Å². The Morgan fingerprint density at radius 2 is 1.83 bits per heavy atom. The maximum atomic E-state index is 9.77. The lowest BCUT2D eigenvalue weighted by atomic mass is 10.1. The van der Waals surface area contributed by atoms with Crippen molar-refractivity contribution in [2.75, 3.05) is 0 Å². The van der Waals surface area contributed by atoms with Crippen LogP contribution in [0.15, 0.2) is 65.6 Å². The minimum Gasteiger partial charge on any atom is -0.385 e. The summed E-state index contributed by atoms with van der Waals surface area (Å²) < 4.78 is 7.34. The molecule has 0 aliphatic carbocycles. The number of hydrogen-bond acceptors (Lipinski definition) is 5. The highest BCUT2D eigenvalue weighted by molar-refractivity contribution is 5.59. The van der Waals surface area contributed by atoms with Crippen LogP contribution >= 0.6 is 0 Å². The number of benzene rings is 1. The van der Waals surface area contributed by atoms with Gasteiger partial charge in [-0.15, -0.1) is 0 Å². The lowest BCUT2D eigenvalue weighted by Crippen LogP contribution is -2.07. The van der Waals surface area contributed by atoms with E-state index in [9.17, 15) is 5.11 Å². The zero-order chi connectivity index (χ0) is 20.2. The summed E-state index contributed by atoms with van der Waals surface area (Å²) >= 11 is 0. The summed E-state index contributed by atoms with van der Waals surface area (Å²) in [6.45, 7) is 4.12. The molecule has 4 aromatic rings. The van der Waals surface area contributed by atoms with Gasteiger partial charge in [-0.25, -0.2) is 4.98 Å². The summed E-state index contributed by atoms with van der Waals surface area (Å²) in [4.78, 5) is 8.42. The minimum atomic E-state index is -0.638. The first-order valence-corrected chi connectivity index (χ1v) is 9.28. The average molecular weight is 384 g/mol. The van der Waals surface area contributed by atoms with Crippen molar-refractivity contribution in [2.24, 2.45) is 0 Å². The smallest absolute Gasteiger partial charge is 0.167 e. The largest absolute Gasteiger partial charge is 0.385 e. The van der Waals surface area contributed by atoms with Gasteiger partial charge in [0.15, 0.2) is 5.76 Å².